The van der Waals surface area contributed by atoms with Crippen LogP contribution in [0.1, 0.15) is 37.3 Å². The lowest BCUT2D eigenvalue weighted by atomic mass is 9.98. The maximum Gasteiger partial charge on any atom is 0.153 e. The maximum atomic E-state index is 4.46. The molecule has 0 amide bonds. The minimum absolute atomic E-state index is 0. The molecule has 1 saturated heterocycles. The first-order chi connectivity index (χ1) is 6.40. The van der Waals surface area contributed by atoms with Crippen molar-refractivity contribution in [1.29, 1.82) is 0 Å². The van der Waals surface area contributed by atoms with Crippen LogP contribution in [0, 0.1) is 0 Å². The number of nitrogens with zero attached hydrogens (tertiary/aromatic N) is 2. The molecule has 2 heterocycles. The van der Waals surface area contributed by atoms with Gasteiger partial charge in [0.25, 0.3) is 0 Å². The summed E-state index contributed by atoms with van der Waals surface area (Å²) in [7, 11) is 0. The molecule has 88 valence electrons. The van der Waals surface area contributed by atoms with Crippen molar-refractivity contribution in [3.05, 3.63) is 11.6 Å². The summed E-state index contributed by atoms with van der Waals surface area (Å²) in [5.74, 6) is 2.59. The molecule has 0 bridgehead atoms. The molecule has 1 aliphatic rings. The van der Waals surface area contributed by atoms with Gasteiger partial charge in [0.15, 0.2) is 5.82 Å². The molecule has 15 heavy (non-hydrogen) atoms. The van der Waals surface area contributed by atoms with Gasteiger partial charge in [-0.3, -0.25) is 5.10 Å². The van der Waals surface area contributed by atoms with E-state index < -0.39 is 0 Å². The molecule has 0 radical (unpaired) electrons. The number of aromatic amines is 1. The smallest absolute Gasteiger partial charge is 0.153 e. The summed E-state index contributed by atoms with van der Waals surface area (Å²) in [6.45, 7) is 4.29. The Balaban J connectivity index is 0.000000980. The van der Waals surface area contributed by atoms with Gasteiger partial charge in [0.2, 0.25) is 0 Å². The highest BCUT2D eigenvalue weighted by atomic mass is 35.5. The predicted octanol–water partition coefficient (Wildman–Crippen LogP) is 1.68. The summed E-state index contributed by atoms with van der Waals surface area (Å²) >= 11 is 0. The molecule has 6 heteroatoms. The van der Waals surface area contributed by atoms with Gasteiger partial charge in [0.1, 0.15) is 5.82 Å². The van der Waals surface area contributed by atoms with Gasteiger partial charge in [-0.15, -0.1) is 24.8 Å². The van der Waals surface area contributed by atoms with Crippen molar-refractivity contribution in [2.45, 2.75) is 32.1 Å². The Bertz CT molecular complexity index is 271. The van der Waals surface area contributed by atoms with Crippen molar-refractivity contribution >= 4 is 24.8 Å². The Labute approximate surface area is 102 Å². The first kappa shape index (κ1) is 14.7. The van der Waals surface area contributed by atoms with E-state index in [1.807, 2.05) is 0 Å². The molecule has 1 aliphatic heterocycles. The average molecular weight is 253 g/mol. The Morgan fingerprint density at radius 3 is 2.47 bits per heavy atom. The second-order valence-corrected chi connectivity index (χ2v) is 3.52. The molecule has 0 atom stereocenters. The van der Waals surface area contributed by atoms with E-state index in [2.05, 4.69) is 27.4 Å². The van der Waals surface area contributed by atoms with Crippen LogP contribution < -0.4 is 5.32 Å². The molecule has 0 unspecified atom stereocenters. The zero-order chi connectivity index (χ0) is 9.10. The van der Waals surface area contributed by atoms with E-state index in [0.29, 0.717) is 5.92 Å². The number of aryl methyl sites for hydroxylation is 1. The van der Waals surface area contributed by atoms with Crippen molar-refractivity contribution in [3.8, 4) is 0 Å². The van der Waals surface area contributed by atoms with Crippen LogP contribution in [0.4, 0.5) is 0 Å². The van der Waals surface area contributed by atoms with Crippen LogP contribution in [-0.2, 0) is 6.42 Å². The van der Waals surface area contributed by atoms with E-state index in [0.717, 1.165) is 31.2 Å². The van der Waals surface area contributed by atoms with E-state index >= 15 is 0 Å². The second kappa shape index (κ2) is 7.04. The lowest BCUT2D eigenvalue weighted by Crippen LogP contribution is -2.27. The van der Waals surface area contributed by atoms with E-state index in [1.54, 1.807) is 0 Å². The maximum absolute atomic E-state index is 4.46. The number of hydrogen-bond donors (Lipinski definition) is 2. The number of aromatic nitrogens is 3. The highest BCUT2D eigenvalue weighted by Gasteiger charge is 2.18. The summed E-state index contributed by atoms with van der Waals surface area (Å²) in [4.78, 5) is 4.46. The van der Waals surface area contributed by atoms with E-state index in [4.69, 9.17) is 0 Å². The molecule has 1 aromatic rings. The zero-order valence-corrected chi connectivity index (χ0v) is 10.5. The lowest BCUT2D eigenvalue weighted by molar-refractivity contribution is 0.446. The first-order valence-electron chi connectivity index (χ1n) is 5.02. The fourth-order valence-corrected chi connectivity index (χ4v) is 1.73. The van der Waals surface area contributed by atoms with Gasteiger partial charge in [0.05, 0.1) is 0 Å². The number of halogens is 2. The second-order valence-electron chi connectivity index (χ2n) is 3.52. The van der Waals surface area contributed by atoms with Crippen molar-refractivity contribution < 1.29 is 0 Å². The Morgan fingerprint density at radius 1 is 1.27 bits per heavy atom. The standard InChI is InChI=1S/C9H16N4.2ClH/c1-2-8-11-9(13-12-8)7-3-5-10-6-4-7;;/h7,10H,2-6H2,1H3,(H,11,12,13);2*1H. The molecular formula is C9H18Cl2N4. The number of hydrogen-bond acceptors (Lipinski definition) is 3. The van der Waals surface area contributed by atoms with Crippen LogP contribution in [0.15, 0.2) is 0 Å². The van der Waals surface area contributed by atoms with Gasteiger partial charge in [-0.2, -0.15) is 5.10 Å². The van der Waals surface area contributed by atoms with Crippen LogP contribution >= 0.6 is 24.8 Å². The normalized spacial score (nSPS) is 16.6. The number of nitrogens with one attached hydrogen (secondary N) is 2. The third kappa shape index (κ3) is 3.63. The van der Waals surface area contributed by atoms with Gasteiger partial charge in [0, 0.05) is 12.3 Å². The largest absolute Gasteiger partial charge is 0.317 e. The topological polar surface area (TPSA) is 53.6 Å². The SMILES string of the molecule is CCc1nc(C2CCNCC2)n[nH]1.Cl.Cl. The van der Waals surface area contributed by atoms with Gasteiger partial charge in [-0.25, -0.2) is 4.98 Å². The van der Waals surface area contributed by atoms with Crippen LogP contribution in [0.2, 0.25) is 0 Å². The number of piperidine rings is 1. The zero-order valence-electron chi connectivity index (χ0n) is 8.82. The average Bonchev–Trinajstić information content (AvgIpc) is 2.67. The molecule has 2 N–H and O–H groups in total. The molecule has 4 nitrogen and oxygen atoms in total. The van der Waals surface area contributed by atoms with E-state index in [1.165, 1.54) is 12.8 Å². The number of H-pyrrole nitrogens is 1. The Morgan fingerprint density at radius 2 is 1.93 bits per heavy atom. The molecule has 1 fully saturated rings. The molecule has 2 rings (SSSR count). The third-order valence-corrected chi connectivity index (χ3v) is 2.59. The highest BCUT2D eigenvalue weighted by Crippen LogP contribution is 2.21. The summed E-state index contributed by atoms with van der Waals surface area (Å²) in [6.07, 6.45) is 3.28. The monoisotopic (exact) mass is 252 g/mol. The van der Waals surface area contributed by atoms with Crippen LogP contribution in [-0.4, -0.2) is 28.3 Å². The van der Waals surface area contributed by atoms with Crippen LogP contribution in [0.5, 0.6) is 0 Å². The Hall–Kier alpha value is -0.320. The van der Waals surface area contributed by atoms with Crippen molar-refractivity contribution in [2.24, 2.45) is 0 Å². The molecular weight excluding hydrogens is 235 g/mol. The van der Waals surface area contributed by atoms with Gasteiger partial charge < -0.3 is 5.32 Å². The highest BCUT2D eigenvalue weighted by molar-refractivity contribution is 5.85. The molecule has 0 spiro atoms. The number of rotatable bonds is 2. The summed E-state index contributed by atoms with van der Waals surface area (Å²) in [6, 6.07) is 0. The first-order valence-corrected chi connectivity index (χ1v) is 5.02. The van der Waals surface area contributed by atoms with E-state index in [9.17, 15) is 0 Å². The van der Waals surface area contributed by atoms with E-state index in [-0.39, 0.29) is 24.8 Å². The summed E-state index contributed by atoms with van der Waals surface area (Å²) in [5.41, 5.74) is 0. The van der Waals surface area contributed by atoms with Crippen molar-refractivity contribution in [2.75, 3.05) is 13.1 Å². The minimum atomic E-state index is 0. The molecule has 1 aromatic heterocycles. The molecule has 0 aliphatic carbocycles. The molecule has 0 aromatic carbocycles. The summed E-state index contributed by atoms with van der Waals surface area (Å²) < 4.78 is 0. The van der Waals surface area contributed by atoms with Crippen LogP contribution in [0.3, 0.4) is 0 Å². The predicted molar refractivity (Wildman–Crippen MR) is 65.1 cm³/mol. The third-order valence-electron chi connectivity index (χ3n) is 2.59. The quantitative estimate of drug-likeness (QED) is 0.843. The fourth-order valence-electron chi connectivity index (χ4n) is 1.73. The van der Waals surface area contributed by atoms with Crippen molar-refractivity contribution in [3.63, 3.8) is 0 Å². The Kier molecular flexibility index (Phi) is 6.89. The minimum Gasteiger partial charge on any atom is -0.317 e. The summed E-state index contributed by atoms with van der Waals surface area (Å²) in [5, 5.41) is 10.6. The van der Waals surface area contributed by atoms with Gasteiger partial charge in [-0.05, 0) is 25.9 Å². The van der Waals surface area contributed by atoms with Gasteiger partial charge in [-0.1, -0.05) is 6.92 Å². The van der Waals surface area contributed by atoms with Crippen LogP contribution in [0.25, 0.3) is 0 Å². The lowest BCUT2D eigenvalue weighted by Gasteiger charge is -2.19. The fraction of sp³-hybridized carbons (Fsp3) is 0.778. The van der Waals surface area contributed by atoms with Crippen molar-refractivity contribution in [1.82, 2.24) is 20.5 Å². The molecule has 0 saturated carbocycles. The van der Waals surface area contributed by atoms with Gasteiger partial charge >= 0.3 is 0 Å².